The first kappa shape index (κ1) is 43.0. The Labute approximate surface area is 318 Å². The highest BCUT2D eigenvalue weighted by atomic mass is 19.4. The molecule has 4 N–H and O–H groups in total. The Kier molecular flexibility index (Phi) is 16.0. The molecule has 4 atom stereocenters. The van der Waals surface area contributed by atoms with E-state index in [1.165, 1.54) is 24.3 Å². The van der Waals surface area contributed by atoms with E-state index in [1.807, 2.05) is 60.7 Å². The van der Waals surface area contributed by atoms with Gasteiger partial charge in [-0.05, 0) is 98.2 Å². The zero-order valence-corrected chi connectivity index (χ0v) is 29.8. The Morgan fingerprint density at radius 3 is 1.14 bits per heavy atom. The van der Waals surface area contributed by atoms with Gasteiger partial charge in [0.2, 0.25) is 0 Å². The molecule has 0 saturated heterocycles. The largest absolute Gasteiger partial charge is 0.573 e. The van der Waals surface area contributed by atoms with E-state index < -0.39 is 49.3 Å². The number of nitrogens with two attached hydrogens (primary N) is 2. The number of halogens is 6. The molecule has 0 aliphatic heterocycles. The van der Waals surface area contributed by atoms with E-state index in [0.29, 0.717) is 37.2 Å². The number of esters is 2. The second kappa shape index (κ2) is 20.8. The van der Waals surface area contributed by atoms with Crippen LogP contribution < -0.4 is 30.4 Å². The zero-order chi connectivity index (χ0) is 40.6. The number of carbonyl (C=O) groups is 2. The molecule has 16 heteroatoms. The lowest BCUT2D eigenvalue weighted by Gasteiger charge is -2.21. The Morgan fingerprint density at radius 1 is 0.500 bits per heavy atom. The van der Waals surface area contributed by atoms with Gasteiger partial charge in [0.25, 0.3) is 0 Å². The van der Waals surface area contributed by atoms with Crippen molar-refractivity contribution < 1.29 is 64.4 Å². The highest BCUT2D eigenvalue weighted by molar-refractivity contribution is 5.91. The smallest absolute Gasteiger partial charge is 0.486 e. The van der Waals surface area contributed by atoms with Crippen LogP contribution in [0.3, 0.4) is 0 Å². The molecule has 4 aromatic rings. The van der Waals surface area contributed by atoms with Gasteiger partial charge in [0.05, 0.1) is 0 Å². The molecule has 0 aromatic heterocycles. The molecule has 0 saturated carbocycles. The van der Waals surface area contributed by atoms with Crippen LogP contribution in [0.1, 0.15) is 61.9 Å². The first-order chi connectivity index (χ1) is 26.6. The van der Waals surface area contributed by atoms with Crippen LogP contribution in [0.15, 0.2) is 121 Å². The van der Waals surface area contributed by atoms with Crippen molar-refractivity contribution in [2.24, 2.45) is 11.5 Å². The minimum atomic E-state index is -4.82. The van der Waals surface area contributed by atoms with Gasteiger partial charge < -0.3 is 28.4 Å². The molecule has 0 bridgehead atoms. The minimum absolute atomic E-state index is 0.228. The summed E-state index contributed by atoms with van der Waals surface area (Å²) in [5.74, 6) is -1.91. The molecule has 10 nitrogen and oxygen atoms in total. The summed E-state index contributed by atoms with van der Waals surface area (Å²) < 4.78 is 105. The Morgan fingerprint density at radius 2 is 0.821 bits per heavy atom. The number of hydrogen-bond acceptors (Lipinski definition) is 10. The summed E-state index contributed by atoms with van der Waals surface area (Å²) in [6.07, 6.45) is -8.78. The van der Waals surface area contributed by atoms with Crippen molar-refractivity contribution in [3.05, 3.63) is 132 Å². The summed E-state index contributed by atoms with van der Waals surface area (Å²) in [4.78, 5) is 24.7. The molecule has 4 aromatic carbocycles. The lowest BCUT2D eigenvalue weighted by Crippen LogP contribution is -2.27. The van der Waals surface area contributed by atoms with Gasteiger partial charge >= 0.3 is 24.7 Å². The van der Waals surface area contributed by atoms with Crippen LogP contribution in [-0.4, -0.2) is 37.1 Å². The lowest BCUT2D eigenvalue weighted by atomic mass is 10.0. The summed E-state index contributed by atoms with van der Waals surface area (Å²) in [7, 11) is 0. The summed E-state index contributed by atoms with van der Waals surface area (Å²) in [6, 6.07) is 28.3. The molecule has 4 rings (SSSR count). The monoisotopic (exact) mass is 790 g/mol. The van der Waals surface area contributed by atoms with E-state index in [0.717, 1.165) is 47.5 Å². The first-order valence-corrected chi connectivity index (χ1v) is 17.4. The van der Waals surface area contributed by atoms with Crippen LogP contribution >= 0.6 is 0 Å². The van der Waals surface area contributed by atoms with E-state index in [4.69, 9.17) is 30.4 Å². The average Bonchev–Trinajstić information content (AvgIpc) is 3.14. The Balaban J connectivity index is 1.19. The van der Waals surface area contributed by atoms with Gasteiger partial charge in [-0.1, -0.05) is 60.7 Å². The normalized spacial score (nSPS) is 13.9. The average molecular weight is 791 g/mol. The number of carbonyl (C=O) groups excluding carboxylic acids is 2. The maximum Gasteiger partial charge on any atom is 0.573 e. The Hall–Kier alpha value is -5.74. The highest BCUT2D eigenvalue weighted by Gasteiger charge is 2.32. The summed E-state index contributed by atoms with van der Waals surface area (Å²) >= 11 is 0. The fourth-order valence-electron chi connectivity index (χ4n) is 5.33. The third-order valence-corrected chi connectivity index (χ3v) is 7.81. The van der Waals surface area contributed by atoms with Crippen molar-refractivity contribution in [1.82, 2.24) is 0 Å². The number of ether oxygens (including phenoxy) is 6. The van der Waals surface area contributed by atoms with Crippen molar-refractivity contribution >= 4 is 11.9 Å². The molecule has 0 aliphatic carbocycles. The molecule has 300 valence electrons. The Bertz CT molecular complexity index is 1680. The van der Waals surface area contributed by atoms with Crippen molar-refractivity contribution in [2.45, 2.75) is 75.9 Å². The zero-order valence-electron chi connectivity index (χ0n) is 29.8. The fourth-order valence-corrected chi connectivity index (χ4v) is 5.33. The fraction of sp³-hybridized carbons (Fsp3) is 0.300. The molecular formula is C40H40F6N2O8. The second-order valence-corrected chi connectivity index (χ2v) is 12.2. The van der Waals surface area contributed by atoms with Crippen molar-refractivity contribution in [3.63, 3.8) is 0 Å². The van der Waals surface area contributed by atoms with Crippen LogP contribution in [0.4, 0.5) is 26.3 Å². The number of hydrogen-bond donors (Lipinski definition) is 2. The van der Waals surface area contributed by atoms with Crippen LogP contribution in [0.25, 0.3) is 0 Å². The SMILES string of the molecule is NC(CCC[C@H](Oc1ccc(OC(F)(F)F)cc1)c1ccccc1)OC(=O)/C=C/C(=O)OC(N)CCC[C@H](Oc1ccc(OC(F)(F)F)cc1)c1ccccc1. The number of alkyl halides is 6. The third kappa shape index (κ3) is 16.3. The lowest BCUT2D eigenvalue weighted by molar-refractivity contribution is -0.275. The molecule has 0 heterocycles. The van der Waals surface area contributed by atoms with E-state index in [9.17, 15) is 35.9 Å². The number of rotatable bonds is 20. The van der Waals surface area contributed by atoms with Crippen LogP contribution in [0.2, 0.25) is 0 Å². The molecule has 0 spiro atoms. The second-order valence-electron chi connectivity index (χ2n) is 12.2. The minimum Gasteiger partial charge on any atom is -0.486 e. The van der Waals surface area contributed by atoms with Gasteiger partial charge in [-0.3, -0.25) is 11.5 Å². The van der Waals surface area contributed by atoms with Gasteiger partial charge in [0.15, 0.2) is 12.5 Å². The molecule has 0 amide bonds. The highest BCUT2D eigenvalue weighted by Crippen LogP contribution is 2.31. The molecule has 0 fully saturated rings. The van der Waals surface area contributed by atoms with Gasteiger partial charge in [-0.2, -0.15) is 0 Å². The predicted octanol–water partition coefficient (Wildman–Crippen LogP) is 8.98. The molecular weight excluding hydrogens is 750 g/mol. The molecule has 0 aliphatic rings. The van der Waals surface area contributed by atoms with E-state index in [-0.39, 0.29) is 24.3 Å². The van der Waals surface area contributed by atoms with Gasteiger partial charge in [0, 0.05) is 12.2 Å². The van der Waals surface area contributed by atoms with E-state index in [1.54, 1.807) is 0 Å². The van der Waals surface area contributed by atoms with Gasteiger partial charge in [-0.15, -0.1) is 26.3 Å². The van der Waals surface area contributed by atoms with Crippen LogP contribution in [0, 0.1) is 0 Å². The molecule has 56 heavy (non-hydrogen) atoms. The summed E-state index contributed by atoms with van der Waals surface area (Å²) in [5, 5.41) is 0. The molecule has 2 unspecified atom stereocenters. The number of benzene rings is 4. The van der Waals surface area contributed by atoms with Gasteiger partial charge in [-0.25, -0.2) is 9.59 Å². The summed E-state index contributed by atoms with van der Waals surface area (Å²) in [5.41, 5.74) is 13.6. The maximum absolute atomic E-state index is 12.5. The predicted molar refractivity (Wildman–Crippen MR) is 191 cm³/mol. The van der Waals surface area contributed by atoms with Crippen molar-refractivity contribution in [3.8, 4) is 23.0 Å². The van der Waals surface area contributed by atoms with E-state index >= 15 is 0 Å². The molecule has 0 radical (unpaired) electrons. The van der Waals surface area contributed by atoms with Crippen molar-refractivity contribution in [2.75, 3.05) is 0 Å². The topological polar surface area (TPSA) is 142 Å². The first-order valence-electron chi connectivity index (χ1n) is 17.4. The third-order valence-electron chi connectivity index (χ3n) is 7.81. The van der Waals surface area contributed by atoms with Gasteiger partial charge in [0.1, 0.15) is 35.2 Å². The standard InChI is InChI=1S/C40H40F6N2O8/c41-39(42,43)55-31-21-17-29(18-22-31)51-33(27-9-3-1-4-10-27)13-7-15-35(47)53-37(49)25-26-38(50)54-36(48)16-8-14-34(28-11-5-2-6-12-28)52-30-19-23-32(24-20-30)56-40(44,45)46/h1-6,9-12,17-26,33-36H,7-8,13-16,47-48H2/b26-25+/t33-,34-,35?,36?/m0/s1. The quantitative estimate of drug-likeness (QED) is 0.0386. The van der Waals surface area contributed by atoms with Crippen LogP contribution in [0.5, 0.6) is 23.0 Å². The van der Waals surface area contributed by atoms with Crippen LogP contribution in [-0.2, 0) is 19.1 Å². The maximum atomic E-state index is 12.5. The summed E-state index contributed by atoms with van der Waals surface area (Å²) in [6.45, 7) is 0. The van der Waals surface area contributed by atoms with Crippen molar-refractivity contribution in [1.29, 1.82) is 0 Å². The van der Waals surface area contributed by atoms with E-state index in [2.05, 4.69) is 9.47 Å².